The predicted octanol–water partition coefficient (Wildman–Crippen LogP) is -1.15. The van der Waals surface area contributed by atoms with Crippen LogP contribution in [0.2, 0.25) is 0 Å². The van der Waals surface area contributed by atoms with Gasteiger partial charge < -0.3 is 5.11 Å². The van der Waals surface area contributed by atoms with Crippen LogP contribution in [0.15, 0.2) is 0 Å². The molecule has 0 aromatic heterocycles. The molecule has 1 unspecified atom stereocenters. The fourth-order valence-electron chi connectivity index (χ4n) is 0.254. The van der Waals surface area contributed by atoms with Crippen LogP contribution in [-0.2, 0) is 0 Å². The van der Waals surface area contributed by atoms with Crippen molar-refractivity contribution in [2.75, 3.05) is 6.66 Å². The summed E-state index contributed by atoms with van der Waals surface area (Å²) in [6, 6.07) is 0. The maximum Gasteiger partial charge on any atom is 0.485 e. The first-order valence-electron chi connectivity index (χ1n) is 2.62. The third-order valence-electron chi connectivity index (χ3n) is 1.37. The van der Waals surface area contributed by atoms with E-state index in [9.17, 15) is 0 Å². The second-order valence-corrected chi connectivity index (χ2v) is 7.51. The van der Waals surface area contributed by atoms with E-state index in [-0.39, 0.29) is 0 Å². The molecule has 68 valence electrons. The van der Waals surface area contributed by atoms with Crippen molar-refractivity contribution < 1.29 is 29.6 Å². The zero-order valence-electron chi connectivity index (χ0n) is 6.08. The Morgan fingerprint density at radius 1 is 1.00 bits per heavy atom. The van der Waals surface area contributed by atoms with Crippen LogP contribution in [-0.4, -0.2) is 41.3 Å². The van der Waals surface area contributed by atoms with E-state index < -0.39 is 20.7 Å². The number of hydrogen-bond acceptors (Lipinski definition) is 6. The van der Waals surface area contributed by atoms with Gasteiger partial charge in [-0.1, -0.05) is 0 Å². The largest absolute Gasteiger partial charge is 0.485 e. The first-order chi connectivity index (χ1) is 4.50. The fraction of sp³-hybridized carbons (Fsp3) is 1.00. The van der Waals surface area contributed by atoms with E-state index in [1.54, 1.807) is 0 Å². The lowest BCUT2D eigenvalue weighted by Gasteiger charge is -2.23. The molecule has 8 heteroatoms. The molecule has 0 aromatic rings. The highest BCUT2D eigenvalue weighted by Crippen LogP contribution is 2.75. The van der Waals surface area contributed by atoms with Gasteiger partial charge in [-0.3, -0.25) is 0 Å². The van der Waals surface area contributed by atoms with Gasteiger partial charge in [0.25, 0.3) is 0 Å². The molecule has 0 aromatic carbocycles. The standard InChI is InChI=1S/C3H12O6P2/c1-3(4,10(2,5)6)11(7,8)9/h4-9H,1-2H3/q+2. The second kappa shape index (κ2) is 2.83. The van der Waals surface area contributed by atoms with Crippen molar-refractivity contribution in [3.05, 3.63) is 0 Å². The molecule has 0 heterocycles. The van der Waals surface area contributed by atoms with Gasteiger partial charge in [-0.05, 0) is 0 Å². The molecular weight excluding hydrogens is 194 g/mol. The van der Waals surface area contributed by atoms with E-state index in [1.807, 2.05) is 0 Å². The maximum atomic E-state index is 9.04. The van der Waals surface area contributed by atoms with Crippen LogP contribution in [0, 0.1) is 0 Å². The third kappa shape index (κ3) is 2.28. The first-order valence-corrected chi connectivity index (χ1v) is 6.41. The van der Waals surface area contributed by atoms with Gasteiger partial charge in [0, 0.05) is 0 Å². The minimum atomic E-state index is -4.64. The summed E-state index contributed by atoms with van der Waals surface area (Å²) in [5.41, 5.74) is 0. The van der Waals surface area contributed by atoms with Crippen LogP contribution < -0.4 is 0 Å². The molecule has 1 atom stereocenters. The van der Waals surface area contributed by atoms with Gasteiger partial charge in [0.1, 0.15) is 6.66 Å². The molecule has 11 heavy (non-hydrogen) atoms. The summed E-state index contributed by atoms with van der Waals surface area (Å²) >= 11 is 0. The van der Waals surface area contributed by atoms with E-state index in [0.29, 0.717) is 0 Å². The molecule has 0 aliphatic carbocycles. The molecule has 0 saturated carbocycles. The Balaban J connectivity index is 4.75. The molecule has 0 saturated heterocycles. The smallest absolute Gasteiger partial charge is 0.317 e. The highest BCUT2D eigenvalue weighted by Gasteiger charge is 2.72. The van der Waals surface area contributed by atoms with Crippen molar-refractivity contribution in [1.29, 1.82) is 0 Å². The topological polar surface area (TPSA) is 121 Å². The Morgan fingerprint density at radius 2 is 1.27 bits per heavy atom. The van der Waals surface area contributed by atoms with Crippen molar-refractivity contribution in [1.82, 2.24) is 0 Å². The summed E-state index contributed by atoms with van der Waals surface area (Å²) < 4.78 is 0. The molecule has 0 aliphatic heterocycles. The Labute approximate surface area is 64.8 Å². The van der Waals surface area contributed by atoms with E-state index in [4.69, 9.17) is 29.6 Å². The maximum absolute atomic E-state index is 9.04. The summed E-state index contributed by atoms with van der Waals surface area (Å²) in [6.45, 7) is 1.60. The third-order valence-corrected chi connectivity index (χ3v) is 6.05. The van der Waals surface area contributed by atoms with Crippen LogP contribution in [0.1, 0.15) is 6.92 Å². The van der Waals surface area contributed by atoms with Gasteiger partial charge >= 0.3 is 20.7 Å². The highest BCUT2D eigenvalue weighted by atomic mass is 31.3. The molecule has 0 radical (unpaired) electrons. The van der Waals surface area contributed by atoms with Crippen LogP contribution >= 0.6 is 15.7 Å². The molecular formula is C3H12O6P2+2. The van der Waals surface area contributed by atoms with Crippen LogP contribution in [0.3, 0.4) is 0 Å². The zero-order chi connectivity index (χ0) is 9.50. The van der Waals surface area contributed by atoms with Crippen molar-refractivity contribution in [3.8, 4) is 0 Å². The molecule has 0 aliphatic rings. The van der Waals surface area contributed by atoms with Crippen LogP contribution in [0.5, 0.6) is 0 Å². The lowest BCUT2D eigenvalue weighted by Crippen LogP contribution is -2.30. The van der Waals surface area contributed by atoms with Gasteiger partial charge in [-0.25, -0.2) is 9.79 Å². The molecule has 0 fully saturated rings. The summed E-state index contributed by atoms with van der Waals surface area (Å²) in [5, 5.41) is 6.41. The summed E-state index contributed by atoms with van der Waals surface area (Å²) in [7, 11) is -8.52. The van der Waals surface area contributed by atoms with Gasteiger partial charge in [0.2, 0.25) is 0 Å². The van der Waals surface area contributed by atoms with Gasteiger partial charge in [0.05, 0.1) is 6.92 Å². The van der Waals surface area contributed by atoms with Crippen LogP contribution in [0.25, 0.3) is 0 Å². The summed E-state index contributed by atoms with van der Waals surface area (Å²) in [4.78, 5) is 43.4. The van der Waals surface area contributed by atoms with Crippen molar-refractivity contribution in [3.63, 3.8) is 0 Å². The Hall–Kier alpha value is 0.620. The minimum absolute atomic E-state index is 0.758. The predicted molar refractivity (Wildman–Crippen MR) is 41.5 cm³/mol. The minimum Gasteiger partial charge on any atom is -0.317 e. The van der Waals surface area contributed by atoms with Gasteiger partial charge in [0.15, 0.2) is 0 Å². The van der Waals surface area contributed by atoms with E-state index in [0.717, 1.165) is 13.6 Å². The van der Waals surface area contributed by atoms with Gasteiger partial charge in [-0.15, -0.1) is 0 Å². The number of aliphatic hydroxyl groups is 1. The van der Waals surface area contributed by atoms with E-state index in [2.05, 4.69) is 0 Å². The second-order valence-electron chi connectivity index (χ2n) is 2.45. The average molecular weight is 206 g/mol. The van der Waals surface area contributed by atoms with E-state index >= 15 is 0 Å². The molecule has 6 nitrogen and oxygen atoms in total. The fourth-order valence-corrected chi connectivity index (χ4v) is 2.29. The number of hydrogen-bond donors (Lipinski definition) is 6. The van der Waals surface area contributed by atoms with Crippen molar-refractivity contribution in [2.24, 2.45) is 0 Å². The molecule has 0 rings (SSSR count). The summed E-state index contributed by atoms with van der Waals surface area (Å²) in [5.74, 6) is 0. The highest BCUT2D eigenvalue weighted by molar-refractivity contribution is 7.80. The van der Waals surface area contributed by atoms with Crippen molar-refractivity contribution >= 4 is 15.7 Å². The van der Waals surface area contributed by atoms with E-state index in [1.165, 1.54) is 0 Å². The molecule has 0 amide bonds. The molecule has 0 bridgehead atoms. The Bertz CT molecular complexity index is 127. The normalized spacial score (nSPS) is 19.6. The quantitative estimate of drug-likeness (QED) is 0.317. The lowest BCUT2D eigenvalue weighted by atomic mass is 10.9. The summed E-state index contributed by atoms with van der Waals surface area (Å²) in [6.07, 6.45) is 0. The Kier molecular flexibility index (Phi) is 2.99. The van der Waals surface area contributed by atoms with Gasteiger partial charge in [-0.2, -0.15) is 14.7 Å². The first kappa shape index (κ1) is 11.6. The Morgan fingerprint density at radius 3 is 1.27 bits per heavy atom. The van der Waals surface area contributed by atoms with Crippen LogP contribution in [0.4, 0.5) is 0 Å². The molecule has 0 spiro atoms. The lowest BCUT2D eigenvalue weighted by molar-refractivity contribution is 0.141. The number of rotatable bonds is 2. The van der Waals surface area contributed by atoms with Crippen molar-refractivity contribution in [2.45, 2.75) is 12.0 Å². The monoisotopic (exact) mass is 206 g/mol. The zero-order valence-corrected chi connectivity index (χ0v) is 7.87. The molecule has 6 N–H and O–H groups in total. The average Bonchev–Trinajstić information content (AvgIpc) is 1.58. The SMILES string of the molecule is CC(O)([P+](C)(O)O)[P+](O)(O)O.